The van der Waals surface area contributed by atoms with Crippen molar-refractivity contribution in [1.29, 1.82) is 0 Å². The Labute approximate surface area is 169 Å². The number of nitrogens with two attached hydrogens (primary N) is 1. The fourth-order valence-electron chi connectivity index (χ4n) is 4.25. The van der Waals surface area contributed by atoms with Gasteiger partial charge < -0.3 is 9.47 Å². The minimum absolute atomic E-state index is 0.0957. The molecule has 0 saturated carbocycles. The van der Waals surface area contributed by atoms with Gasteiger partial charge in [-0.25, -0.2) is 5.01 Å². The molecule has 158 valence electrons. The van der Waals surface area contributed by atoms with Crippen molar-refractivity contribution in [2.24, 2.45) is 5.84 Å². The van der Waals surface area contributed by atoms with E-state index in [4.69, 9.17) is 15.3 Å². The van der Waals surface area contributed by atoms with Crippen molar-refractivity contribution < 1.29 is 22.6 Å². The molecule has 0 spiro atoms. The maximum atomic E-state index is 13.1. The van der Waals surface area contributed by atoms with Crippen LogP contribution in [0.4, 0.5) is 13.2 Å². The van der Waals surface area contributed by atoms with Crippen molar-refractivity contribution in [3.05, 3.63) is 59.2 Å². The highest BCUT2D eigenvalue weighted by atomic mass is 19.4. The summed E-state index contributed by atoms with van der Waals surface area (Å²) in [4.78, 5) is 0. The van der Waals surface area contributed by atoms with Crippen molar-refractivity contribution in [3.63, 3.8) is 0 Å². The summed E-state index contributed by atoms with van der Waals surface area (Å²) in [6.07, 6.45) is -2.14. The van der Waals surface area contributed by atoms with E-state index in [0.717, 1.165) is 31.4 Å². The van der Waals surface area contributed by atoms with Gasteiger partial charge >= 0.3 is 6.18 Å². The average Bonchev–Trinajstić information content (AvgIpc) is 2.69. The van der Waals surface area contributed by atoms with Crippen molar-refractivity contribution in [1.82, 2.24) is 5.01 Å². The fraction of sp³-hybridized carbons (Fsp3) is 0.455. The van der Waals surface area contributed by atoms with Gasteiger partial charge in [-0.3, -0.25) is 5.84 Å². The largest absolute Gasteiger partial charge is 0.496 e. The quantitative estimate of drug-likeness (QED) is 0.710. The Bertz CT molecular complexity index is 827. The van der Waals surface area contributed by atoms with Crippen LogP contribution in [0.5, 0.6) is 11.5 Å². The van der Waals surface area contributed by atoms with Crippen LogP contribution in [-0.2, 0) is 18.4 Å². The predicted molar refractivity (Wildman–Crippen MR) is 106 cm³/mol. The highest BCUT2D eigenvalue weighted by Gasteiger charge is 2.40. The van der Waals surface area contributed by atoms with E-state index >= 15 is 0 Å². The van der Waals surface area contributed by atoms with E-state index in [2.05, 4.69) is 0 Å². The Balaban J connectivity index is 2.08. The average molecular weight is 408 g/mol. The zero-order valence-corrected chi connectivity index (χ0v) is 16.8. The maximum absolute atomic E-state index is 13.1. The number of benzene rings is 2. The lowest BCUT2D eigenvalue weighted by molar-refractivity contribution is -0.127. The van der Waals surface area contributed by atoms with Crippen molar-refractivity contribution in [2.75, 3.05) is 20.8 Å². The molecule has 1 aliphatic heterocycles. The molecule has 1 unspecified atom stereocenters. The van der Waals surface area contributed by atoms with E-state index in [1.54, 1.807) is 12.1 Å². The van der Waals surface area contributed by atoms with Gasteiger partial charge in [-0.1, -0.05) is 30.3 Å². The second-order valence-electron chi connectivity index (χ2n) is 7.49. The number of hydrogen-bond acceptors (Lipinski definition) is 4. The molecule has 2 N–H and O–H groups in total. The Morgan fingerprint density at radius 2 is 1.66 bits per heavy atom. The SMILES string of the molecule is COc1cc(OC)c(CC2(c3ccccc3)CCCCN2N)cc1CC(F)(F)F. The minimum Gasteiger partial charge on any atom is -0.496 e. The number of alkyl halides is 3. The smallest absolute Gasteiger partial charge is 0.393 e. The highest BCUT2D eigenvalue weighted by molar-refractivity contribution is 5.48. The number of nitrogens with zero attached hydrogens (tertiary/aromatic N) is 1. The molecule has 1 aliphatic rings. The molecule has 0 radical (unpaired) electrons. The summed E-state index contributed by atoms with van der Waals surface area (Å²) in [5.41, 5.74) is 1.33. The van der Waals surface area contributed by atoms with E-state index in [9.17, 15) is 13.2 Å². The number of rotatable bonds is 6. The molecule has 29 heavy (non-hydrogen) atoms. The van der Waals surface area contributed by atoms with E-state index in [1.165, 1.54) is 14.2 Å². The number of piperidine rings is 1. The first-order chi connectivity index (χ1) is 13.8. The molecule has 1 heterocycles. The summed E-state index contributed by atoms with van der Waals surface area (Å²) in [6.45, 7) is 0.725. The van der Waals surface area contributed by atoms with Crippen LogP contribution >= 0.6 is 0 Å². The number of halogens is 3. The first-order valence-electron chi connectivity index (χ1n) is 9.67. The summed E-state index contributed by atoms with van der Waals surface area (Å²) in [5.74, 6) is 7.14. The molecule has 0 amide bonds. The van der Waals surface area contributed by atoms with E-state index in [0.29, 0.717) is 17.7 Å². The summed E-state index contributed by atoms with van der Waals surface area (Å²) in [6, 6.07) is 13.0. The van der Waals surface area contributed by atoms with Gasteiger partial charge in [0, 0.05) is 18.2 Å². The summed E-state index contributed by atoms with van der Waals surface area (Å²) in [7, 11) is 2.88. The molecular weight excluding hydrogens is 381 g/mol. The van der Waals surface area contributed by atoms with Crippen LogP contribution in [0.25, 0.3) is 0 Å². The molecule has 1 fully saturated rings. The predicted octanol–water partition coefficient (Wildman–Crippen LogP) is 4.61. The molecule has 0 bridgehead atoms. The van der Waals surface area contributed by atoms with Crippen molar-refractivity contribution in [3.8, 4) is 11.5 Å². The minimum atomic E-state index is -4.33. The van der Waals surface area contributed by atoms with Crippen LogP contribution in [0.2, 0.25) is 0 Å². The molecule has 3 rings (SSSR count). The molecule has 1 saturated heterocycles. The molecule has 1 atom stereocenters. The molecular formula is C22H27F3N2O2. The van der Waals surface area contributed by atoms with Gasteiger partial charge in [0.15, 0.2) is 0 Å². The van der Waals surface area contributed by atoms with Gasteiger partial charge in [0.25, 0.3) is 0 Å². The highest BCUT2D eigenvalue weighted by Crippen LogP contribution is 2.42. The maximum Gasteiger partial charge on any atom is 0.393 e. The van der Waals surface area contributed by atoms with Gasteiger partial charge in [0.05, 0.1) is 26.2 Å². The van der Waals surface area contributed by atoms with Crippen LogP contribution in [0.1, 0.15) is 36.0 Å². The third-order valence-electron chi connectivity index (χ3n) is 5.66. The lowest BCUT2D eigenvalue weighted by Gasteiger charge is -2.45. The third kappa shape index (κ3) is 4.67. The second kappa shape index (κ2) is 8.63. The Morgan fingerprint density at radius 3 is 2.24 bits per heavy atom. The third-order valence-corrected chi connectivity index (χ3v) is 5.66. The zero-order valence-electron chi connectivity index (χ0n) is 16.8. The van der Waals surface area contributed by atoms with E-state index in [-0.39, 0.29) is 11.3 Å². The van der Waals surface area contributed by atoms with Gasteiger partial charge in [-0.2, -0.15) is 13.2 Å². The van der Waals surface area contributed by atoms with Gasteiger partial charge in [0.2, 0.25) is 0 Å². The summed E-state index contributed by atoms with van der Waals surface area (Å²) < 4.78 is 50.1. The first kappa shape index (κ1) is 21.5. The van der Waals surface area contributed by atoms with Crippen LogP contribution < -0.4 is 15.3 Å². The fourth-order valence-corrected chi connectivity index (χ4v) is 4.25. The van der Waals surface area contributed by atoms with Crippen LogP contribution in [0.3, 0.4) is 0 Å². The molecule has 0 aromatic heterocycles. The lowest BCUT2D eigenvalue weighted by Crippen LogP contribution is -2.54. The summed E-state index contributed by atoms with van der Waals surface area (Å²) in [5, 5.41) is 1.83. The Kier molecular flexibility index (Phi) is 6.39. The van der Waals surface area contributed by atoms with Crippen molar-refractivity contribution in [2.45, 2.75) is 43.8 Å². The Morgan fingerprint density at radius 1 is 1.00 bits per heavy atom. The number of hydrogen-bond donors (Lipinski definition) is 1. The monoisotopic (exact) mass is 408 g/mol. The molecule has 0 aliphatic carbocycles. The van der Waals surface area contributed by atoms with Gasteiger partial charge in [0.1, 0.15) is 11.5 Å². The standard InChI is InChI=1S/C22H27F3N2O2/c1-28-19-13-20(29-2)17(15-22(23,24)25)12-16(19)14-21(10-6-7-11-27(21)26)18-8-4-3-5-9-18/h3-5,8-9,12-13H,6-7,10-11,14-15,26H2,1-2H3. The Hall–Kier alpha value is -2.25. The zero-order chi connectivity index (χ0) is 21.1. The number of hydrazine groups is 1. The lowest BCUT2D eigenvalue weighted by atomic mass is 9.76. The normalized spacial score (nSPS) is 20.5. The van der Waals surface area contributed by atoms with E-state index in [1.807, 2.05) is 35.3 Å². The molecule has 2 aromatic rings. The van der Waals surface area contributed by atoms with Gasteiger partial charge in [-0.15, -0.1) is 0 Å². The van der Waals surface area contributed by atoms with Gasteiger partial charge in [-0.05, 0) is 42.9 Å². The molecule has 4 nitrogen and oxygen atoms in total. The summed E-state index contributed by atoms with van der Waals surface area (Å²) >= 11 is 0. The van der Waals surface area contributed by atoms with Crippen LogP contribution in [0, 0.1) is 0 Å². The second-order valence-corrected chi connectivity index (χ2v) is 7.49. The molecule has 2 aromatic carbocycles. The van der Waals surface area contributed by atoms with Crippen molar-refractivity contribution >= 4 is 0 Å². The topological polar surface area (TPSA) is 47.7 Å². The number of methoxy groups -OCH3 is 2. The molecule has 7 heteroatoms. The first-order valence-corrected chi connectivity index (χ1v) is 9.67. The van der Waals surface area contributed by atoms with Crippen LogP contribution in [-0.4, -0.2) is 31.9 Å². The van der Waals surface area contributed by atoms with Crippen LogP contribution in [0.15, 0.2) is 42.5 Å². The number of ether oxygens (including phenoxy) is 2. The van der Waals surface area contributed by atoms with E-state index < -0.39 is 18.1 Å².